The molecule has 0 aliphatic heterocycles. The van der Waals surface area contributed by atoms with Gasteiger partial charge in [-0.05, 0) is 55.2 Å². The van der Waals surface area contributed by atoms with Gasteiger partial charge in [-0.25, -0.2) is 0 Å². The number of nitrogens with one attached hydrogen (secondary N) is 1. The van der Waals surface area contributed by atoms with Gasteiger partial charge in [0.25, 0.3) is 5.91 Å². The molecule has 0 radical (unpaired) electrons. The van der Waals surface area contributed by atoms with Crippen LogP contribution in [0.25, 0.3) is 0 Å². The minimum absolute atomic E-state index is 0.112. The van der Waals surface area contributed by atoms with E-state index < -0.39 is 0 Å². The van der Waals surface area contributed by atoms with Crippen LogP contribution in [0.15, 0.2) is 18.2 Å². The summed E-state index contributed by atoms with van der Waals surface area (Å²) < 4.78 is 0. The lowest BCUT2D eigenvalue weighted by Crippen LogP contribution is -2.31. The molecule has 18 heavy (non-hydrogen) atoms. The SMILES string of the molecule is Nc1ccc(Cl)c(C(=O)NCC2(C3CC3)CC2)c1. The lowest BCUT2D eigenvalue weighted by Gasteiger charge is -2.15. The third-order valence-electron chi connectivity index (χ3n) is 4.17. The maximum absolute atomic E-state index is 12.1. The lowest BCUT2D eigenvalue weighted by atomic mass is 10.0. The summed E-state index contributed by atoms with van der Waals surface area (Å²) in [6.07, 6.45) is 5.16. The van der Waals surface area contributed by atoms with Crippen molar-refractivity contribution < 1.29 is 4.79 Å². The van der Waals surface area contributed by atoms with Crippen LogP contribution in [0.4, 0.5) is 5.69 Å². The molecular weight excluding hydrogens is 248 g/mol. The van der Waals surface area contributed by atoms with Gasteiger partial charge in [0, 0.05) is 12.2 Å². The van der Waals surface area contributed by atoms with Crippen LogP contribution in [0.2, 0.25) is 5.02 Å². The van der Waals surface area contributed by atoms with E-state index in [0.29, 0.717) is 21.7 Å². The summed E-state index contributed by atoms with van der Waals surface area (Å²) in [5.74, 6) is 0.730. The Morgan fingerprint density at radius 2 is 2.17 bits per heavy atom. The predicted molar refractivity (Wildman–Crippen MR) is 72.6 cm³/mol. The number of benzene rings is 1. The van der Waals surface area contributed by atoms with Gasteiger partial charge in [0.2, 0.25) is 0 Å². The molecule has 2 aliphatic carbocycles. The third kappa shape index (κ3) is 2.19. The van der Waals surface area contributed by atoms with Crippen molar-refractivity contribution in [2.75, 3.05) is 12.3 Å². The molecule has 0 heterocycles. The van der Waals surface area contributed by atoms with E-state index in [-0.39, 0.29) is 5.91 Å². The third-order valence-corrected chi connectivity index (χ3v) is 4.50. The minimum atomic E-state index is -0.112. The Bertz CT molecular complexity index is 493. The number of carbonyl (C=O) groups excluding carboxylic acids is 1. The molecule has 3 N–H and O–H groups in total. The van der Waals surface area contributed by atoms with E-state index in [4.69, 9.17) is 17.3 Å². The van der Waals surface area contributed by atoms with Gasteiger partial charge in [0.15, 0.2) is 0 Å². The van der Waals surface area contributed by atoms with Crippen LogP contribution in [0.3, 0.4) is 0 Å². The van der Waals surface area contributed by atoms with E-state index in [1.54, 1.807) is 18.2 Å². The van der Waals surface area contributed by atoms with Crippen LogP contribution in [-0.4, -0.2) is 12.5 Å². The highest BCUT2D eigenvalue weighted by molar-refractivity contribution is 6.34. The van der Waals surface area contributed by atoms with Crippen LogP contribution in [-0.2, 0) is 0 Å². The molecule has 0 atom stereocenters. The van der Waals surface area contributed by atoms with Crippen molar-refractivity contribution >= 4 is 23.2 Å². The molecule has 2 aliphatic rings. The largest absolute Gasteiger partial charge is 0.399 e. The standard InChI is InChI=1S/C14H17ClN2O/c15-12-4-3-10(16)7-11(12)13(18)17-8-14(5-6-14)9-1-2-9/h3-4,7,9H,1-2,5-6,8,16H2,(H,17,18). The molecule has 0 aromatic heterocycles. The molecule has 3 rings (SSSR count). The summed E-state index contributed by atoms with van der Waals surface area (Å²) in [7, 11) is 0. The van der Waals surface area contributed by atoms with E-state index in [0.717, 1.165) is 12.5 Å². The topological polar surface area (TPSA) is 55.1 Å². The molecule has 2 saturated carbocycles. The van der Waals surface area contributed by atoms with Crippen LogP contribution in [0.5, 0.6) is 0 Å². The van der Waals surface area contributed by atoms with Crippen molar-refractivity contribution in [2.24, 2.45) is 11.3 Å². The monoisotopic (exact) mass is 264 g/mol. The van der Waals surface area contributed by atoms with E-state index in [2.05, 4.69) is 5.32 Å². The van der Waals surface area contributed by atoms with E-state index in [1.807, 2.05) is 0 Å². The van der Waals surface area contributed by atoms with Crippen molar-refractivity contribution in [3.63, 3.8) is 0 Å². The maximum atomic E-state index is 12.1. The number of amides is 1. The predicted octanol–water partition coefficient (Wildman–Crippen LogP) is 2.84. The zero-order valence-electron chi connectivity index (χ0n) is 10.2. The van der Waals surface area contributed by atoms with Crippen molar-refractivity contribution in [1.82, 2.24) is 5.32 Å². The lowest BCUT2D eigenvalue weighted by molar-refractivity contribution is 0.0943. The second-order valence-electron chi connectivity index (χ2n) is 5.56. The Hall–Kier alpha value is -1.22. The summed E-state index contributed by atoms with van der Waals surface area (Å²) in [5, 5.41) is 3.47. The summed E-state index contributed by atoms with van der Waals surface area (Å²) in [4.78, 5) is 12.1. The first kappa shape index (κ1) is 11.8. The zero-order valence-corrected chi connectivity index (χ0v) is 11.0. The van der Waals surface area contributed by atoms with E-state index in [1.165, 1.54) is 25.7 Å². The van der Waals surface area contributed by atoms with Crippen molar-refractivity contribution in [3.8, 4) is 0 Å². The molecule has 2 fully saturated rings. The average Bonchev–Trinajstić information content (AvgIpc) is 3.21. The first-order chi connectivity index (χ1) is 8.61. The first-order valence-electron chi connectivity index (χ1n) is 6.44. The van der Waals surface area contributed by atoms with Crippen LogP contribution < -0.4 is 11.1 Å². The van der Waals surface area contributed by atoms with Gasteiger partial charge in [0.05, 0.1) is 10.6 Å². The Morgan fingerprint density at radius 3 is 2.78 bits per heavy atom. The van der Waals surface area contributed by atoms with Crippen LogP contribution >= 0.6 is 11.6 Å². The number of hydrogen-bond donors (Lipinski definition) is 2. The van der Waals surface area contributed by atoms with Gasteiger partial charge < -0.3 is 11.1 Å². The van der Waals surface area contributed by atoms with Gasteiger partial charge in [-0.1, -0.05) is 11.6 Å². The molecule has 3 nitrogen and oxygen atoms in total. The number of nitrogen functional groups attached to an aromatic ring is 1. The molecule has 1 aromatic rings. The molecule has 4 heteroatoms. The van der Waals surface area contributed by atoms with Gasteiger partial charge in [-0.15, -0.1) is 0 Å². The van der Waals surface area contributed by atoms with Gasteiger partial charge in [-0.2, -0.15) is 0 Å². The van der Waals surface area contributed by atoms with Crippen molar-refractivity contribution in [3.05, 3.63) is 28.8 Å². The molecule has 96 valence electrons. The Balaban J connectivity index is 1.65. The molecule has 1 amide bonds. The number of nitrogens with two attached hydrogens (primary N) is 1. The van der Waals surface area contributed by atoms with Crippen molar-refractivity contribution in [1.29, 1.82) is 0 Å². The fraction of sp³-hybridized carbons (Fsp3) is 0.500. The normalized spacial score (nSPS) is 20.5. The summed E-state index contributed by atoms with van der Waals surface area (Å²) in [6.45, 7) is 0.779. The van der Waals surface area contributed by atoms with Crippen LogP contribution in [0.1, 0.15) is 36.0 Å². The molecule has 0 bridgehead atoms. The molecule has 1 aromatic carbocycles. The number of halogens is 1. The number of rotatable bonds is 4. The van der Waals surface area contributed by atoms with Gasteiger partial charge >= 0.3 is 0 Å². The van der Waals surface area contributed by atoms with E-state index >= 15 is 0 Å². The molecule has 0 spiro atoms. The molecule has 0 saturated heterocycles. The summed E-state index contributed by atoms with van der Waals surface area (Å²) >= 11 is 6.02. The minimum Gasteiger partial charge on any atom is -0.399 e. The van der Waals surface area contributed by atoms with Crippen LogP contribution in [0, 0.1) is 11.3 Å². The number of anilines is 1. The maximum Gasteiger partial charge on any atom is 0.252 e. The Kier molecular flexibility index (Phi) is 2.74. The fourth-order valence-electron chi connectivity index (χ4n) is 2.65. The first-order valence-corrected chi connectivity index (χ1v) is 6.82. The van der Waals surface area contributed by atoms with Gasteiger partial charge in [-0.3, -0.25) is 4.79 Å². The second kappa shape index (κ2) is 4.16. The highest BCUT2D eigenvalue weighted by Gasteiger charge is 2.53. The average molecular weight is 265 g/mol. The smallest absolute Gasteiger partial charge is 0.252 e. The molecular formula is C14H17ClN2O. The second-order valence-corrected chi connectivity index (χ2v) is 5.97. The fourth-order valence-corrected chi connectivity index (χ4v) is 2.86. The number of carbonyl (C=O) groups is 1. The van der Waals surface area contributed by atoms with Gasteiger partial charge in [0.1, 0.15) is 0 Å². The van der Waals surface area contributed by atoms with Crippen molar-refractivity contribution in [2.45, 2.75) is 25.7 Å². The Morgan fingerprint density at radius 1 is 1.44 bits per heavy atom. The Labute approximate surface area is 112 Å². The summed E-state index contributed by atoms with van der Waals surface area (Å²) in [6, 6.07) is 5.00. The highest BCUT2D eigenvalue weighted by atomic mass is 35.5. The number of hydrogen-bond acceptors (Lipinski definition) is 2. The molecule has 0 unspecified atom stereocenters. The zero-order chi connectivity index (χ0) is 12.8. The van der Waals surface area contributed by atoms with E-state index in [9.17, 15) is 4.79 Å². The summed E-state index contributed by atoms with van der Waals surface area (Å²) in [5.41, 5.74) is 7.12. The highest BCUT2D eigenvalue weighted by Crippen LogP contribution is 2.60. The quantitative estimate of drug-likeness (QED) is 0.822.